The smallest absolute Gasteiger partial charge is 0.259 e. The molecule has 1 heterocycles. The van der Waals surface area contributed by atoms with E-state index in [1.807, 2.05) is 0 Å². The summed E-state index contributed by atoms with van der Waals surface area (Å²) in [7, 11) is 0. The molecule has 4 nitrogen and oxygen atoms in total. The van der Waals surface area contributed by atoms with Crippen LogP contribution in [0.2, 0.25) is 0 Å². The maximum absolute atomic E-state index is 13.3. The summed E-state index contributed by atoms with van der Waals surface area (Å²) < 4.78 is 19.2. The van der Waals surface area contributed by atoms with Crippen molar-refractivity contribution >= 4 is 15.9 Å². The van der Waals surface area contributed by atoms with Crippen molar-refractivity contribution in [2.45, 2.75) is 31.2 Å². The third kappa shape index (κ3) is 2.30. The predicted molar refractivity (Wildman–Crippen MR) is 71.7 cm³/mol. The van der Waals surface area contributed by atoms with Crippen molar-refractivity contribution in [2.75, 3.05) is 0 Å². The largest absolute Gasteiger partial charge is 0.334 e. The fraction of sp³-hybridized carbons (Fsp3) is 0.385. The van der Waals surface area contributed by atoms with E-state index in [2.05, 4.69) is 26.1 Å². The molecule has 19 heavy (non-hydrogen) atoms. The van der Waals surface area contributed by atoms with E-state index in [1.54, 1.807) is 6.07 Å². The minimum absolute atomic E-state index is 0.290. The highest BCUT2D eigenvalue weighted by Gasteiger charge is 2.36. The molecule has 0 radical (unpaired) electrons. The van der Waals surface area contributed by atoms with Crippen molar-refractivity contribution in [1.29, 1.82) is 0 Å². The monoisotopic (exact) mass is 325 g/mol. The van der Waals surface area contributed by atoms with E-state index >= 15 is 0 Å². The van der Waals surface area contributed by atoms with Gasteiger partial charge in [-0.2, -0.15) is 4.98 Å². The van der Waals surface area contributed by atoms with Gasteiger partial charge in [0, 0.05) is 4.47 Å². The predicted octanol–water partition coefficient (Wildman–Crippen LogP) is 3.37. The van der Waals surface area contributed by atoms with Crippen LogP contribution in [-0.4, -0.2) is 10.1 Å². The number of aromatic nitrogens is 2. The van der Waals surface area contributed by atoms with Gasteiger partial charge in [0.05, 0.1) is 11.1 Å². The molecule has 2 aromatic rings. The van der Waals surface area contributed by atoms with E-state index in [9.17, 15) is 4.39 Å². The molecule has 1 aliphatic rings. The summed E-state index contributed by atoms with van der Waals surface area (Å²) >= 11 is 3.35. The van der Waals surface area contributed by atoms with Gasteiger partial charge < -0.3 is 10.3 Å². The van der Waals surface area contributed by atoms with Crippen LogP contribution >= 0.6 is 15.9 Å². The molecule has 1 saturated carbocycles. The number of benzene rings is 1. The molecule has 6 heteroatoms. The molecule has 100 valence electrons. The molecule has 0 bridgehead atoms. The molecule has 1 aliphatic carbocycles. The Kier molecular flexibility index (Phi) is 3.14. The van der Waals surface area contributed by atoms with Crippen LogP contribution in [-0.2, 0) is 5.54 Å². The molecule has 1 aromatic carbocycles. The summed E-state index contributed by atoms with van der Waals surface area (Å²) in [4.78, 5) is 4.34. The molecule has 0 atom stereocenters. The van der Waals surface area contributed by atoms with Gasteiger partial charge in [-0.15, -0.1) is 0 Å². The third-order valence-corrected chi connectivity index (χ3v) is 4.22. The minimum atomic E-state index is -0.498. The summed E-state index contributed by atoms with van der Waals surface area (Å²) in [5, 5.41) is 3.96. The van der Waals surface area contributed by atoms with Gasteiger partial charge in [0.25, 0.3) is 5.89 Å². The van der Waals surface area contributed by atoms with Crippen molar-refractivity contribution in [3.8, 4) is 11.5 Å². The van der Waals surface area contributed by atoms with Crippen LogP contribution in [0.3, 0.4) is 0 Å². The Bertz CT molecular complexity index is 608. The van der Waals surface area contributed by atoms with Crippen molar-refractivity contribution in [3.63, 3.8) is 0 Å². The van der Waals surface area contributed by atoms with E-state index in [-0.39, 0.29) is 11.7 Å². The van der Waals surface area contributed by atoms with Gasteiger partial charge in [-0.05, 0) is 47.0 Å². The second-order valence-corrected chi connectivity index (χ2v) is 5.76. The maximum atomic E-state index is 13.3. The van der Waals surface area contributed by atoms with Crippen LogP contribution in [0.15, 0.2) is 27.2 Å². The fourth-order valence-corrected chi connectivity index (χ4v) is 2.84. The van der Waals surface area contributed by atoms with E-state index in [1.165, 1.54) is 12.1 Å². The summed E-state index contributed by atoms with van der Waals surface area (Å²) in [6, 6.07) is 4.34. The average molecular weight is 326 g/mol. The number of hydrogen-bond donors (Lipinski definition) is 1. The molecule has 2 N–H and O–H groups in total. The van der Waals surface area contributed by atoms with Crippen LogP contribution in [0.5, 0.6) is 0 Å². The highest BCUT2D eigenvalue weighted by Crippen LogP contribution is 2.36. The Balaban J connectivity index is 1.99. The van der Waals surface area contributed by atoms with Crippen molar-refractivity contribution in [3.05, 3.63) is 34.3 Å². The molecule has 1 aromatic heterocycles. The Morgan fingerprint density at radius 1 is 1.32 bits per heavy atom. The molecule has 3 rings (SSSR count). The van der Waals surface area contributed by atoms with Crippen molar-refractivity contribution < 1.29 is 8.91 Å². The summed E-state index contributed by atoms with van der Waals surface area (Å²) in [6.07, 6.45) is 3.86. The van der Waals surface area contributed by atoms with E-state index in [0.717, 1.165) is 25.7 Å². The number of rotatable bonds is 2. The van der Waals surface area contributed by atoms with Gasteiger partial charge in [-0.3, -0.25) is 0 Å². The first-order valence-corrected chi connectivity index (χ1v) is 6.96. The van der Waals surface area contributed by atoms with Gasteiger partial charge in [-0.1, -0.05) is 18.0 Å². The lowest BCUT2D eigenvalue weighted by Gasteiger charge is -2.17. The highest BCUT2D eigenvalue weighted by molar-refractivity contribution is 9.10. The first kappa shape index (κ1) is 12.7. The van der Waals surface area contributed by atoms with Gasteiger partial charge in [0.1, 0.15) is 5.82 Å². The lowest BCUT2D eigenvalue weighted by atomic mass is 9.99. The van der Waals surface area contributed by atoms with Crippen molar-refractivity contribution in [2.24, 2.45) is 5.73 Å². The van der Waals surface area contributed by atoms with E-state index < -0.39 is 5.54 Å². The quantitative estimate of drug-likeness (QED) is 0.919. The van der Waals surface area contributed by atoms with Crippen LogP contribution in [0.1, 0.15) is 31.5 Å². The van der Waals surface area contributed by atoms with Crippen LogP contribution in [0, 0.1) is 5.82 Å². The molecule has 0 aliphatic heterocycles. The average Bonchev–Trinajstić information content (AvgIpc) is 3.02. The third-order valence-electron chi connectivity index (χ3n) is 3.53. The number of nitrogens with two attached hydrogens (primary N) is 1. The van der Waals surface area contributed by atoms with Gasteiger partial charge in [0.2, 0.25) is 0 Å². The molecule has 0 amide bonds. The van der Waals surface area contributed by atoms with E-state index in [4.69, 9.17) is 10.3 Å². The molecule has 0 unspecified atom stereocenters. The summed E-state index contributed by atoms with van der Waals surface area (Å²) in [5.41, 5.74) is 6.31. The molecular weight excluding hydrogens is 313 g/mol. The zero-order valence-corrected chi connectivity index (χ0v) is 11.8. The second kappa shape index (κ2) is 4.68. The Morgan fingerprint density at radius 2 is 2.05 bits per heavy atom. The highest BCUT2D eigenvalue weighted by atomic mass is 79.9. The van der Waals surface area contributed by atoms with Crippen LogP contribution in [0.4, 0.5) is 4.39 Å². The molecule has 0 saturated heterocycles. The zero-order valence-electron chi connectivity index (χ0n) is 10.2. The fourth-order valence-electron chi connectivity index (χ4n) is 2.43. The Hall–Kier alpha value is -1.27. The summed E-state index contributed by atoms with van der Waals surface area (Å²) in [5.74, 6) is 0.454. The topological polar surface area (TPSA) is 64.9 Å². The normalized spacial score (nSPS) is 17.8. The second-order valence-electron chi connectivity index (χ2n) is 4.91. The van der Waals surface area contributed by atoms with Crippen LogP contribution in [0.25, 0.3) is 11.5 Å². The number of hydrogen-bond acceptors (Lipinski definition) is 4. The minimum Gasteiger partial charge on any atom is -0.334 e. The zero-order chi connectivity index (χ0) is 13.5. The van der Waals surface area contributed by atoms with Crippen LogP contribution < -0.4 is 5.73 Å². The Morgan fingerprint density at radius 3 is 2.79 bits per heavy atom. The molecule has 0 spiro atoms. The lowest BCUT2D eigenvalue weighted by Crippen LogP contribution is -2.34. The standard InChI is InChI=1S/C13H13BrFN3O/c14-10-4-3-8(15)7-9(10)11-17-12(18-19-11)13(16)5-1-2-6-13/h3-4,7H,1-2,5-6,16H2. The van der Waals surface area contributed by atoms with Gasteiger partial charge in [-0.25, -0.2) is 4.39 Å². The maximum Gasteiger partial charge on any atom is 0.259 e. The lowest BCUT2D eigenvalue weighted by molar-refractivity contribution is 0.372. The SMILES string of the molecule is NC1(c2noc(-c3cc(F)ccc3Br)n2)CCCC1. The van der Waals surface area contributed by atoms with E-state index in [0.29, 0.717) is 15.9 Å². The van der Waals surface area contributed by atoms with Crippen molar-refractivity contribution in [1.82, 2.24) is 10.1 Å². The number of halogens is 2. The summed E-state index contributed by atoms with van der Waals surface area (Å²) in [6.45, 7) is 0. The van der Waals surface area contributed by atoms with Gasteiger partial charge >= 0.3 is 0 Å². The first-order valence-electron chi connectivity index (χ1n) is 6.17. The Labute approximate surface area is 118 Å². The molecular formula is C13H13BrFN3O. The molecule has 1 fully saturated rings. The van der Waals surface area contributed by atoms with Gasteiger partial charge in [0.15, 0.2) is 5.82 Å². The first-order chi connectivity index (χ1) is 9.08. The number of nitrogens with zero attached hydrogens (tertiary/aromatic N) is 2.